The summed E-state index contributed by atoms with van der Waals surface area (Å²) in [6.45, 7) is 8.01. The summed E-state index contributed by atoms with van der Waals surface area (Å²) in [5.74, 6) is -0.661. The molecular weight excluding hydrogens is 346 g/mol. The summed E-state index contributed by atoms with van der Waals surface area (Å²) in [6.07, 6.45) is 1.66. The number of carbonyl (C=O) groups excluding carboxylic acids is 3. The first-order valence-electron chi connectivity index (χ1n) is 8.80. The standard InChI is InChI=1S/C20H27N3O4/c1-19(2,3)27-18(26)23(20(4,5)12-24)17(25)15(21)10-13-11-22-16-9-7-6-8-14(13)16/h6-9,11-12,15,22H,10,21H2,1-5H3. The second kappa shape index (κ2) is 7.52. The molecule has 0 aliphatic heterocycles. The average molecular weight is 373 g/mol. The molecule has 2 aromatic rings. The van der Waals surface area contributed by atoms with E-state index in [0.29, 0.717) is 6.29 Å². The van der Waals surface area contributed by atoms with E-state index in [9.17, 15) is 14.4 Å². The molecule has 146 valence electrons. The number of nitrogens with two attached hydrogens (primary N) is 1. The Balaban J connectivity index is 2.28. The zero-order chi connectivity index (χ0) is 20.4. The van der Waals surface area contributed by atoms with Gasteiger partial charge in [0.15, 0.2) is 0 Å². The van der Waals surface area contributed by atoms with Gasteiger partial charge in [-0.1, -0.05) is 18.2 Å². The van der Waals surface area contributed by atoms with Gasteiger partial charge >= 0.3 is 6.09 Å². The van der Waals surface area contributed by atoms with Crippen LogP contribution in [0.25, 0.3) is 10.9 Å². The number of carbonyl (C=O) groups is 3. The first-order chi connectivity index (χ1) is 12.5. The van der Waals surface area contributed by atoms with Gasteiger partial charge in [0.2, 0.25) is 5.91 Å². The molecule has 0 radical (unpaired) electrons. The average Bonchev–Trinajstić information content (AvgIpc) is 2.96. The third-order valence-electron chi connectivity index (χ3n) is 4.09. The lowest BCUT2D eigenvalue weighted by Gasteiger charge is -2.35. The molecule has 1 heterocycles. The summed E-state index contributed by atoms with van der Waals surface area (Å²) in [7, 11) is 0. The number of ether oxygens (including phenoxy) is 1. The quantitative estimate of drug-likeness (QED) is 0.784. The number of fused-ring (bicyclic) bond motifs is 1. The highest BCUT2D eigenvalue weighted by atomic mass is 16.6. The van der Waals surface area contributed by atoms with E-state index in [0.717, 1.165) is 21.4 Å². The number of nitrogens with zero attached hydrogens (tertiary/aromatic N) is 1. The van der Waals surface area contributed by atoms with Crippen LogP contribution >= 0.6 is 0 Å². The van der Waals surface area contributed by atoms with Gasteiger partial charge in [-0.15, -0.1) is 0 Å². The summed E-state index contributed by atoms with van der Waals surface area (Å²) < 4.78 is 5.31. The van der Waals surface area contributed by atoms with Crippen molar-refractivity contribution in [1.82, 2.24) is 9.88 Å². The third-order valence-corrected chi connectivity index (χ3v) is 4.09. The van der Waals surface area contributed by atoms with Crippen molar-refractivity contribution in [2.75, 3.05) is 0 Å². The number of amides is 2. The number of imide groups is 1. The molecule has 0 spiro atoms. The van der Waals surface area contributed by atoms with E-state index in [1.807, 2.05) is 24.3 Å². The van der Waals surface area contributed by atoms with E-state index in [1.165, 1.54) is 13.8 Å². The molecule has 2 rings (SSSR count). The van der Waals surface area contributed by atoms with Gasteiger partial charge in [-0.2, -0.15) is 0 Å². The topological polar surface area (TPSA) is 105 Å². The molecule has 1 unspecified atom stereocenters. The number of nitrogens with one attached hydrogen (secondary N) is 1. The molecule has 2 amide bonds. The van der Waals surface area contributed by atoms with E-state index in [1.54, 1.807) is 27.0 Å². The van der Waals surface area contributed by atoms with Crippen LogP contribution in [-0.4, -0.2) is 45.4 Å². The van der Waals surface area contributed by atoms with Gasteiger partial charge in [0.05, 0.1) is 6.04 Å². The largest absolute Gasteiger partial charge is 0.443 e. The van der Waals surface area contributed by atoms with Crippen LogP contribution in [0.4, 0.5) is 4.79 Å². The number of rotatable bonds is 5. The summed E-state index contributed by atoms with van der Waals surface area (Å²) in [5.41, 5.74) is 5.73. The lowest BCUT2D eigenvalue weighted by molar-refractivity contribution is -0.140. The minimum atomic E-state index is -1.38. The number of para-hydroxylation sites is 1. The second-order valence-corrected chi connectivity index (χ2v) is 8.10. The molecule has 0 aliphatic carbocycles. The Morgan fingerprint density at radius 3 is 2.44 bits per heavy atom. The maximum Gasteiger partial charge on any atom is 0.417 e. The van der Waals surface area contributed by atoms with Crippen LogP contribution in [0.1, 0.15) is 40.2 Å². The number of aldehydes is 1. The van der Waals surface area contributed by atoms with Crippen LogP contribution in [0.2, 0.25) is 0 Å². The SMILES string of the molecule is CC(C)(C)OC(=O)N(C(=O)C(N)Cc1c[nH]c2ccccc12)C(C)(C)C=O. The first kappa shape index (κ1) is 20.6. The molecule has 0 fully saturated rings. The van der Waals surface area contributed by atoms with Crippen molar-refractivity contribution in [2.24, 2.45) is 5.73 Å². The number of benzene rings is 1. The van der Waals surface area contributed by atoms with Crippen molar-refractivity contribution < 1.29 is 19.1 Å². The van der Waals surface area contributed by atoms with Crippen LogP contribution in [0, 0.1) is 0 Å². The molecule has 7 nitrogen and oxygen atoms in total. The molecule has 0 saturated carbocycles. The molecular formula is C20H27N3O4. The fourth-order valence-electron chi connectivity index (χ4n) is 2.76. The van der Waals surface area contributed by atoms with Crippen molar-refractivity contribution in [3.8, 4) is 0 Å². The highest BCUT2D eigenvalue weighted by Crippen LogP contribution is 2.22. The second-order valence-electron chi connectivity index (χ2n) is 8.10. The van der Waals surface area contributed by atoms with Crippen LogP contribution in [0.5, 0.6) is 0 Å². The Kier molecular flexibility index (Phi) is 5.75. The molecule has 3 N–H and O–H groups in total. The molecule has 7 heteroatoms. The predicted octanol–water partition coefficient (Wildman–Crippen LogP) is 2.78. The number of aromatic amines is 1. The fraction of sp³-hybridized carbons (Fsp3) is 0.450. The van der Waals surface area contributed by atoms with Crippen molar-refractivity contribution in [3.63, 3.8) is 0 Å². The molecule has 27 heavy (non-hydrogen) atoms. The number of H-pyrrole nitrogens is 1. The zero-order valence-corrected chi connectivity index (χ0v) is 16.4. The molecule has 1 atom stereocenters. The van der Waals surface area contributed by atoms with Gasteiger partial charge < -0.3 is 20.2 Å². The van der Waals surface area contributed by atoms with E-state index in [-0.39, 0.29) is 6.42 Å². The van der Waals surface area contributed by atoms with Gasteiger partial charge in [0.25, 0.3) is 0 Å². The Morgan fingerprint density at radius 2 is 1.85 bits per heavy atom. The van der Waals surface area contributed by atoms with Crippen molar-refractivity contribution in [1.29, 1.82) is 0 Å². The van der Waals surface area contributed by atoms with Crippen LogP contribution in [0.15, 0.2) is 30.5 Å². The maximum atomic E-state index is 13.0. The fourth-order valence-corrected chi connectivity index (χ4v) is 2.76. The normalized spacial score (nSPS) is 13.3. The van der Waals surface area contributed by atoms with Gasteiger partial charge in [0, 0.05) is 17.1 Å². The summed E-state index contributed by atoms with van der Waals surface area (Å²) in [5, 5.41) is 0.958. The Labute approximate surface area is 158 Å². The Bertz CT molecular complexity index is 848. The molecule has 0 aliphatic rings. The van der Waals surface area contributed by atoms with Gasteiger partial charge in [-0.25, -0.2) is 9.69 Å². The summed E-state index contributed by atoms with van der Waals surface area (Å²) >= 11 is 0. The minimum absolute atomic E-state index is 0.219. The lowest BCUT2D eigenvalue weighted by atomic mass is 10.0. The summed E-state index contributed by atoms with van der Waals surface area (Å²) in [6, 6.07) is 6.66. The van der Waals surface area contributed by atoms with E-state index >= 15 is 0 Å². The predicted molar refractivity (Wildman–Crippen MR) is 103 cm³/mol. The minimum Gasteiger partial charge on any atom is -0.443 e. The van der Waals surface area contributed by atoms with Crippen LogP contribution in [-0.2, 0) is 20.7 Å². The number of hydrogen-bond donors (Lipinski definition) is 2. The van der Waals surface area contributed by atoms with E-state index < -0.39 is 29.2 Å². The Hall–Kier alpha value is -2.67. The van der Waals surface area contributed by atoms with Crippen LogP contribution in [0.3, 0.4) is 0 Å². The van der Waals surface area contributed by atoms with Gasteiger partial charge in [0.1, 0.15) is 17.4 Å². The van der Waals surface area contributed by atoms with E-state index in [4.69, 9.17) is 10.5 Å². The molecule has 1 aromatic carbocycles. The Morgan fingerprint density at radius 1 is 1.22 bits per heavy atom. The van der Waals surface area contributed by atoms with Gasteiger partial charge in [-0.05, 0) is 52.7 Å². The van der Waals surface area contributed by atoms with Crippen LogP contribution < -0.4 is 5.73 Å². The highest BCUT2D eigenvalue weighted by Gasteiger charge is 2.41. The number of hydrogen-bond acceptors (Lipinski definition) is 5. The molecule has 1 aromatic heterocycles. The lowest BCUT2D eigenvalue weighted by Crippen LogP contribution is -2.58. The zero-order valence-electron chi connectivity index (χ0n) is 16.4. The highest BCUT2D eigenvalue weighted by molar-refractivity contribution is 5.99. The van der Waals surface area contributed by atoms with Crippen molar-refractivity contribution in [2.45, 2.75) is 58.2 Å². The first-order valence-corrected chi connectivity index (χ1v) is 8.80. The van der Waals surface area contributed by atoms with Gasteiger partial charge in [-0.3, -0.25) is 4.79 Å². The molecule has 0 saturated heterocycles. The van der Waals surface area contributed by atoms with Crippen molar-refractivity contribution in [3.05, 3.63) is 36.0 Å². The third kappa shape index (κ3) is 4.74. The summed E-state index contributed by atoms with van der Waals surface area (Å²) in [4.78, 5) is 41.0. The monoisotopic (exact) mass is 373 g/mol. The maximum absolute atomic E-state index is 13.0. The van der Waals surface area contributed by atoms with E-state index in [2.05, 4.69) is 4.98 Å². The van der Waals surface area contributed by atoms with Crippen molar-refractivity contribution >= 4 is 29.2 Å². The molecule has 0 bridgehead atoms. The smallest absolute Gasteiger partial charge is 0.417 e. The number of aromatic nitrogens is 1.